The van der Waals surface area contributed by atoms with Gasteiger partial charge in [0.25, 0.3) is 5.91 Å². The van der Waals surface area contributed by atoms with Crippen molar-refractivity contribution >= 4 is 23.9 Å². The van der Waals surface area contributed by atoms with Gasteiger partial charge in [0.2, 0.25) is 23.5 Å². The van der Waals surface area contributed by atoms with Gasteiger partial charge in [0.05, 0.1) is 0 Å². The normalized spacial score (nSPS) is 10.9. The fourth-order valence-electron chi connectivity index (χ4n) is 2.81. The summed E-state index contributed by atoms with van der Waals surface area (Å²) in [4.78, 5) is 48.0. The van der Waals surface area contributed by atoms with Crippen molar-refractivity contribution < 1.29 is 49.6 Å². The SMILES string of the molecule is N#CC(=Cc1ccc(O)cc1)C(=O)N(CC(=O)On1c(O)ccc1O)CC(=O)On1c(O)ccc1O. The Bertz CT molecular complexity index is 1260. The van der Waals surface area contributed by atoms with Crippen LogP contribution in [0.4, 0.5) is 0 Å². The van der Waals surface area contributed by atoms with Gasteiger partial charge in [-0.15, -0.1) is 9.46 Å². The molecular weight excluding hydrogens is 480 g/mol. The highest BCUT2D eigenvalue weighted by Crippen LogP contribution is 2.20. The molecular formula is C22H18N4O10. The zero-order valence-electron chi connectivity index (χ0n) is 18.2. The number of aromatic hydroxyl groups is 5. The smallest absolute Gasteiger partial charge is 0.352 e. The van der Waals surface area contributed by atoms with Crippen LogP contribution >= 0.6 is 0 Å². The zero-order chi connectivity index (χ0) is 26.4. The number of benzene rings is 1. The van der Waals surface area contributed by atoms with Crippen molar-refractivity contribution in [1.82, 2.24) is 14.4 Å². The number of phenols is 1. The summed E-state index contributed by atoms with van der Waals surface area (Å²) in [5.74, 6) is -6.18. The van der Waals surface area contributed by atoms with Crippen molar-refractivity contribution in [1.29, 1.82) is 5.26 Å². The number of hydrogen-bond donors (Lipinski definition) is 5. The van der Waals surface area contributed by atoms with Gasteiger partial charge in [-0.05, 0) is 23.8 Å². The van der Waals surface area contributed by atoms with E-state index in [0.717, 1.165) is 30.3 Å². The van der Waals surface area contributed by atoms with Crippen molar-refractivity contribution in [3.8, 4) is 35.3 Å². The van der Waals surface area contributed by atoms with Crippen LogP contribution < -0.4 is 9.68 Å². The molecule has 186 valence electrons. The summed E-state index contributed by atoms with van der Waals surface area (Å²) in [5, 5.41) is 57.4. The van der Waals surface area contributed by atoms with E-state index in [1.165, 1.54) is 24.3 Å². The number of carbonyl (C=O) groups excluding carboxylic acids is 3. The molecule has 0 aliphatic heterocycles. The lowest BCUT2D eigenvalue weighted by Crippen LogP contribution is -2.44. The van der Waals surface area contributed by atoms with Crippen molar-refractivity contribution in [2.75, 3.05) is 13.1 Å². The van der Waals surface area contributed by atoms with E-state index in [0.29, 0.717) is 19.9 Å². The quantitative estimate of drug-likeness (QED) is 0.204. The lowest BCUT2D eigenvalue weighted by atomic mass is 10.1. The van der Waals surface area contributed by atoms with Crippen molar-refractivity contribution in [3.63, 3.8) is 0 Å². The van der Waals surface area contributed by atoms with E-state index in [1.807, 2.05) is 0 Å². The summed E-state index contributed by atoms with van der Waals surface area (Å²) in [6.45, 7) is -1.91. The van der Waals surface area contributed by atoms with Crippen LogP contribution in [-0.2, 0) is 14.4 Å². The highest BCUT2D eigenvalue weighted by molar-refractivity contribution is 6.03. The minimum Gasteiger partial charge on any atom is -0.508 e. The van der Waals surface area contributed by atoms with E-state index >= 15 is 0 Å². The molecule has 0 atom stereocenters. The highest BCUT2D eigenvalue weighted by Gasteiger charge is 2.27. The maximum atomic E-state index is 13.0. The molecule has 1 aromatic carbocycles. The molecule has 36 heavy (non-hydrogen) atoms. The van der Waals surface area contributed by atoms with E-state index < -0.39 is 60.0 Å². The second kappa shape index (κ2) is 10.6. The Morgan fingerprint density at radius 1 is 0.778 bits per heavy atom. The van der Waals surface area contributed by atoms with Gasteiger partial charge in [-0.25, -0.2) is 9.59 Å². The van der Waals surface area contributed by atoms with Gasteiger partial charge in [-0.2, -0.15) is 5.26 Å². The second-order valence-electron chi connectivity index (χ2n) is 7.04. The number of nitrogens with zero attached hydrogens (tertiary/aromatic N) is 4. The molecule has 0 saturated carbocycles. The summed E-state index contributed by atoms with van der Waals surface area (Å²) in [7, 11) is 0. The third-order valence-corrected chi connectivity index (χ3v) is 4.46. The lowest BCUT2D eigenvalue weighted by molar-refractivity contribution is -0.154. The first-order chi connectivity index (χ1) is 17.1. The third kappa shape index (κ3) is 5.85. The predicted molar refractivity (Wildman–Crippen MR) is 117 cm³/mol. The summed E-state index contributed by atoms with van der Waals surface area (Å²) >= 11 is 0. The van der Waals surface area contributed by atoms with Crippen LogP contribution in [0.5, 0.6) is 29.3 Å². The molecule has 14 nitrogen and oxygen atoms in total. The van der Waals surface area contributed by atoms with E-state index in [2.05, 4.69) is 0 Å². The van der Waals surface area contributed by atoms with Gasteiger partial charge in [-0.3, -0.25) is 4.79 Å². The van der Waals surface area contributed by atoms with Crippen LogP contribution in [0, 0.1) is 11.3 Å². The van der Waals surface area contributed by atoms with Crippen molar-refractivity contribution in [3.05, 3.63) is 59.7 Å². The molecule has 0 saturated heterocycles. The monoisotopic (exact) mass is 498 g/mol. The van der Waals surface area contributed by atoms with Crippen LogP contribution in [0.1, 0.15) is 5.56 Å². The molecule has 0 bridgehead atoms. The van der Waals surface area contributed by atoms with Crippen LogP contribution in [0.2, 0.25) is 0 Å². The molecule has 0 fully saturated rings. The molecule has 1 amide bonds. The van der Waals surface area contributed by atoms with Gasteiger partial charge in [-0.1, -0.05) is 12.1 Å². The molecule has 2 heterocycles. The minimum atomic E-state index is -1.23. The number of carbonyl (C=O) groups is 3. The highest BCUT2D eigenvalue weighted by atomic mass is 16.7. The van der Waals surface area contributed by atoms with Gasteiger partial charge < -0.3 is 40.1 Å². The molecule has 3 rings (SSSR count). The van der Waals surface area contributed by atoms with Crippen LogP contribution in [0.3, 0.4) is 0 Å². The maximum Gasteiger partial charge on any atom is 0.352 e. The van der Waals surface area contributed by atoms with Crippen LogP contribution in [0.15, 0.2) is 54.1 Å². The topological polar surface area (TPSA) is 208 Å². The molecule has 0 aliphatic carbocycles. The van der Waals surface area contributed by atoms with Gasteiger partial charge >= 0.3 is 11.9 Å². The van der Waals surface area contributed by atoms with Gasteiger partial charge in [0, 0.05) is 24.3 Å². The van der Waals surface area contributed by atoms with E-state index in [4.69, 9.17) is 9.68 Å². The zero-order valence-corrected chi connectivity index (χ0v) is 18.2. The largest absolute Gasteiger partial charge is 0.508 e. The van der Waals surface area contributed by atoms with Crippen LogP contribution in [-0.4, -0.2) is 70.8 Å². The Labute approximate surface area is 201 Å². The van der Waals surface area contributed by atoms with E-state index in [1.54, 1.807) is 6.07 Å². The Morgan fingerprint density at radius 3 is 1.58 bits per heavy atom. The average molecular weight is 498 g/mol. The Hall–Kier alpha value is -5.58. The molecule has 5 N–H and O–H groups in total. The molecule has 0 radical (unpaired) electrons. The minimum absolute atomic E-state index is 0.0582. The van der Waals surface area contributed by atoms with Gasteiger partial charge in [0.1, 0.15) is 30.5 Å². The second-order valence-corrected chi connectivity index (χ2v) is 7.04. The summed E-state index contributed by atoms with van der Waals surface area (Å²) in [5.41, 5.74) is -0.174. The number of phenolic OH excluding ortho intramolecular Hbond substituents is 1. The Balaban J connectivity index is 1.85. The average Bonchev–Trinajstić information content (AvgIpc) is 3.33. The summed E-state index contributed by atoms with van der Waals surface area (Å²) in [6.07, 6.45) is 1.14. The molecule has 2 aromatic heterocycles. The first kappa shape index (κ1) is 25.1. The summed E-state index contributed by atoms with van der Waals surface area (Å²) in [6, 6.07) is 11.2. The number of nitriles is 1. The predicted octanol–water partition coefficient (Wildman–Crippen LogP) is -0.136. The number of hydrogen-bond acceptors (Lipinski definition) is 11. The number of rotatable bonds is 8. The standard InChI is InChI=1S/C22H18N4O10/c23-10-14(9-13-1-3-15(27)4-2-13)22(34)24(11-20(32)35-25-16(28)5-6-17(25)29)12-21(33)36-26-18(30)7-8-19(26)31/h1-9,27-31H,11-12H2. The van der Waals surface area contributed by atoms with Crippen molar-refractivity contribution in [2.24, 2.45) is 0 Å². The fraction of sp³-hybridized carbons (Fsp3) is 0.0909. The molecule has 14 heteroatoms. The Kier molecular flexibility index (Phi) is 7.35. The maximum absolute atomic E-state index is 13.0. The fourth-order valence-corrected chi connectivity index (χ4v) is 2.81. The summed E-state index contributed by atoms with van der Waals surface area (Å²) < 4.78 is 0.716. The third-order valence-electron chi connectivity index (χ3n) is 4.46. The number of aromatic nitrogens is 2. The first-order valence-electron chi connectivity index (χ1n) is 9.91. The molecule has 0 aliphatic rings. The Morgan fingerprint density at radius 2 is 1.19 bits per heavy atom. The molecule has 0 spiro atoms. The van der Waals surface area contributed by atoms with Gasteiger partial charge in [0.15, 0.2) is 0 Å². The van der Waals surface area contributed by atoms with Crippen molar-refractivity contribution in [2.45, 2.75) is 0 Å². The van der Waals surface area contributed by atoms with Crippen LogP contribution in [0.25, 0.3) is 6.08 Å². The number of amides is 1. The molecule has 3 aromatic rings. The molecule has 0 unspecified atom stereocenters. The first-order valence-corrected chi connectivity index (χ1v) is 9.91. The lowest BCUT2D eigenvalue weighted by Gasteiger charge is -2.20. The van der Waals surface area contributed by atoms with E-state index in [-0.39, 0.29) is 5.75 Å². The van der Waals surface area contributed by atoms with E-state index in [9.17, 15) is 45.2 Å².